The molecule has 3 aromatic rings. The first-order valence-electron chi connectivity index (χ1n) is 8.53. The molecule has 7 heteroatoms. The van der Waals surface area contributed by atoms with Gasteiger partial charge in [-0.3, -0.25) is 14.6 Å². The lowest BCUT2D eigenvalue weighted by Gasteiger charge is -2.08. The maximum Gasteiger partial charge on any atom is 0.270 e. The summed E-state index contributed by atoms with van der Waals surface area (Å²) in [6, 6.07) is 16.2. The predicted molar refractivity (Wildman–Crippen MR) is 104 cm³/mol. The van der Waals surface area contributed by atoms with Gasteiger partial charge in [0.15, 0.2) is 0 Å². The molecule has 5 nitrogen and oxygen atoms in total. The van der Waals surface area contributed by atoms with Crippen molar-refractivity contribution < 1.29 is 14.0 Å². The van der Waals surface area contributed by atoms with Crippen LogP contribution in [0.3, 0.4) is 0 Å². The number of hydrogen-bond acceptors (Lipinski definition) is 3. The summed E-state index contributed by atoms with van der Waals surface area (Å²) in [5.74, 6) is -1.21. The third kappa shape index (κ3) is 5.14. The van der Waals surface area contributed by atoms with Gasteiger partial charge >= 0.3 is 0 Å². The number of carbonyl (C=O) groups is 2. The summed E-state index contributed by atoms with van der Waals surface area (Å²) in [5.41, 5.74) is 1.65. The van der Waals surface area contributed by atoms with Crippen molar-refractivity contribution in [3.63, 3.8) is 0 Å². The molecule has 1 heterocycles. The number of hydrogen-bond donors (Lipinski definition) is 2. The fraction of sp³-hybridized carbons (Fsp3) is 0.0952. The monoisotopic (exact) mass is 397 g/mol. The van der Waals surface area contributed by atoms with Gasteiger partial charge in [-0.2, -0.15) is 0 Å². The number of nitrogens with zero attached hydrogens (tertiary/aromatic N) is 1. The van der Waals surface area contributed by atoms with Gasteiger partial charge in [0.05, 0.1) is 0 Å². The maximum atomic E-state index is 13.6. The normalized spacial score (nSPS) is 10.4. The summed E-state index contributed by atoms with van der Waals surface area (Å²) in [5, 5.41) is 5.99. The second-order valence-corrected chi connectivity index (χ2v) is 6.45. The number of aromatic nitrogens is 1. The fourth-order valence-electron chi connectivity index (χ4n) is 2.49. The molecule has 0 fully saturated rings. The molecule has 1 aromatic heterocycles. The SMILES string of the molecule is O=C(NCc1ccccc1F)c1ccnc(C(=O)NCc2ccc(Cl)cc2)c1. The van der Waals surface area contributed by atoms with Crippen molar-refractivity contribution >= 4 is 23.4 Å². The number of halogens is 2. The van der Waals surface area contributed by atoms with Crippen LogP contribution in [0, 0.1) is 5.82 Å². The van der Waals surface area contributed by atoms with Gasteiger partial charge in [0.1, 0.15) is 11.5 Å². The van der Waals surface area contributed by atoms with Crippen molar-refractivity contribution in [1.29, 1.82) is 0 Å². The molecule has 0 saturated heterocycles. The van der Waals surface area contributed by atoms with Crippen LogP contribution in [0.5, 0.6) is 0 Å². The van der Waals surface area contributed by atoms with E-state index in [0.29, 0.717) is 17.1 Å². The van der Waals surface area contributed by atoms with Crippen LogP contribution in [0.2, 0.25) is 5.02 Å². The molecular weight excluding hydrogens is 381 g/mol. The van der Waals surface area contributed by atoms with Gasteiger partial charge in [0, 0.05) is 35.4 Å². The molecule has 2 amide bonds. The Kier molecular flexibility index (Phi) is 6.34. The average Bonchev–Trinajstić information content (AvgIpc) is 2.72. The Morgan fingerprint density at radius 3 is 2.39 bits per heavy atom. The number of pyridine rings is 1. The number of benzene rings is 2. The van der Waals surface area contributed by atoms with Crippen molar-refractivity contribution in [2.24, 2.45) is 0 Å². The number of nitrogens with one attached hydrogen (secondary N) is 2. The predicted octanol–water partition coefficient (Wildman–Crippen LogP) is 3.73. The van der Waals surface area contributed by atoms with Gasteiger partial charge in [0.2, 0.25) is 0 Å². The zero-order valence-corrected chi connectivity index (χ0v) is 15.5. The van der Waals surface area contributed by atoms with Gasteiger partial charge in [-0.1, -0.05) is 41.9 Å². The zero-order valence-electron chi connectivity index (χ0n) is 14.8. The van der Waals surface area contributed by atoms with Crippen molar-refractivity contribution in [2.75, 3.05) is 0 Å². The minimum absolute atomic E-state index is 0.0475. The first kappa shape index (κ1) is 19.5. The molecule has 0 aliphatic carbocycles. The zero-order chi connectivity index (χ0) is 19.9. The third-order valence-electron chi connectivity index (χ3n) is 4.02. The Morgan fingerprint density at radius 2 is 1.64 bits per heavy atom. The molecule has 0 unspecified atom stereocenters. The lowest BCUT2D eigenvalue weighted by atomic mass is 10.1. The molecule has 0 spiro atoms. The highest BCUT2D eigenvalue weighted by atomic mass is 35.5. The molecule has 0 bridgehead atoms. The van der Waals surface area contributed by atoms with Gasteiger partial charge in [-0.15, -0.1) is 0 Å². The largest absolute Gasteiger partial charge is 0.348 e. The van der Waals surface area contributed by atoms with Crippen LogP contribution < -0.4 is 10.6 Å². The van der Waals surface area contributed by atoms with Crippen LogP contribution in [-0.2, 0) is 13.1 Å². The molecule has 0 saturated carbocycles. The fourth-order valence-corrected chi connectivity index (χ4v) is 2.62. The maximum absolute atomic E-state index is 13.6. The number of carbonyl (C=O) groups excluding carboxylic acids is 2. The smallest absolute Gasteiger partial charge is 0.270 e. The lowest BCUT2D eigenvalue weighted by Crippen LogP contribution is -2.26. The highest BCUT2D eigenvalue weighted by Crippen LogP contribution is 2.10. The van der Waals surface area contributed by atoms with Gasteiger partial charge < -0.3 is 10.6 Å². The first-order valence-corrected chi connectivity index (χ1v) is 8.91. The Morgan fingerprint density at radius 1 is 0.929 bits per heavy atom. The van der Waals surface area contributed by atoms with E-state index >= 15 is 0 Å². The van der Waals surface area contributed by atoms with E-state index in [-0.39, 0.29) is 23.6 Å². The van der Waals surface area contributed by atoms with E-state index in [2.05, 4.69) is 15.6 Å². The van der Waals surface area contributed by atoms with Crippen LogP contribution in [0.4, 0.5) is 4.39 Å². The van der Waals surface area contributed by atoms with Crippen molar-refractivity contribution in [3.05, 3.63) is 100 Å². The molecule has 2 aromatic carbocycles. The van der Waals surface area contributed by atoms with E-state index in [0.717, 1.165) is 5.56 Å². The van der Waals surface area contributed by atoms with Crippen molar-refractivity contribution in [3.8, 4) is 0 Å². The minimum Gasteiger partial charge on any atom is -0.348 e. The van der Waals surface area contributed by atoms with E-state index in [1.54, 1.807) is 30.3 Å². The first-order chi connectivity index (χ1) is 13.5. The van der Waals surface area contributed by atoms with E-state index < -0.39 is 11.8 Å². The summed E-state index contributed by atoms with van der Waals surface area (Å²) >= 11 is 5.83. The van der Waals surface area contributed by atoms with Crippen molar-refractivity contribution in [1.82, 2.24) is 15.6 Å². The molecule has 2 N–H and O–H groups in total. The van der Waals surface area contributed by atoms with E-state index in [9.17, 15) is 14.0 Å². The average molecular weight is 398 g/mol. The molecule has 28 heavy (non-hydrogen) atoms. The summed E-state index contributed by atoms with van der Waals surface area (Å²) in [4.78, 5) is 28.6. The number of rotatable bonds is 6. The number of amides is 2. The highest BCUT2D eigenvalue weighted by Gasteiger charge is 2.12. The highest BCUT2D eigenvalue weighted by molar-refractivity contribution is 6.30. The van der Waals surface area contributed by atoms with Gasteiger partial charge in [0.25, 0.3) is 11.8 Å². The molecule has 0 aliphatic rings. The topological polar surface area (TPSA) is 71.1 Å². The Labute approximate surface area is 166 Å². The lowest BCUT2D eigenvalue weighted by molar-refractivity contribution is 0.0946. The molecule has 3 rings (SSSR count). The van der Waals surface area contributed by atoms with E-state index in [4.69, 9.17) is 11.6 Å². The Balaban J connectivity index is 1.60. The second kappa shape index (κ2) is 9.10. The van der Waals surface area contributed by atoms with Crippen LogP contribution >= 0.6 is 11.6 Å². The van der Waals surface area contributed by atoms with E-state index in [1.165, 1.54) is 24.4 Å². The third-order valence-corrected chi connectivity index (χ3v) is 4.27. The van der Waals surface area contributed by atoms with Crippen LogP contribution in [0.15, 0.2) is 66.9 Å². The summed E-state index contributed by atoms with van der Waals surface area (Å²) in [7, 11) is 0. The molecule has 0 aliphatic heterocycles. The molecular formula is C21H17ClFN3O2. The Bertz CT molecular complexity index is 993. The van der Waals surface area contributed by atoms with Crippen molar-refractivity contribution in [2.45, 2.75) is 13.1 Å². The molecule has 0 radical (unpaired) electrons. The standard InChI is InChI=1S/C21H17ClFN3O2/c22-17-7-5-14(6-8-17)12-25-21(28)19-11-15(9-10-24-19)20(27)26-13-16-3-1-2-4-18(16)23/h1-11H,12-13H2,(H,25,28)(H,26,27). The molecule has 142 valence electrons. The van der Waals surface area contributed by atoms with Gasteiger partial charge in [-0.05, 0) is 35.9 Å². The van der Waals surface area contributed by atoms with Crippen LogP contribution in [0.1, 0.15) is 32.0 Å². The van der Waals surface area contributed by atoms with E-state index in [1.807, 2.05) is 12.1 Å². The quantitative estimate of drug-likeness (QED) is 0.665. The van der Waals surface area contributed by atoms with Gasteiger partial charge in [-0.25, -0.2) is 4.39 Å². The second-order valence-electron chi connectivity index (χ2n) is 6.01. The van der Waals surface area contributed by atoms with Crippen LogP contribution in [0.25, 0.3) is 0 Å². The summed E-state index contributed by atoms with van der Waals surface area (Å²) < 4.78 is 13.6. The summed E-state index contributed by atoms with van der Waals surface area (Å²) in [6.45, 7) is 0.354. The van der Waals surface area contributed by atoms with Crippen LogP contribution in [-0.4, -0.2) is 16.8 Å². The Hall–Kier alpha value is -3.25. The summed E-state index contributed by atoms with van der Waals surface area (Å²) in [6.07, 6.45) is 1.38. The molecule has 0 atom stereocenters. The minimum atomic E-state index is -0.419.